The number of hydrogen-bond donors (Lipinski definition) is 0. The highest BCUT2D eigenvalue weighted by atomic mass is 16.5. The predicted molar refractivity (Wildman–Crippen MR) is 140 cm³/mol. The summed E-state index contributed by atoms with van der Waals surface area (Å²) < 4.78 is 21.2. The zero-order valence-electron chi connectivity index (χ0n) is 20.9. The van der Waals surface area contributed by atoms with Crippen LogP contribution in [0.25, 0.3) is 6.08 Å². The van der Waals surface area contributed by atoms with E-state index < -0.39 is 18.5 Å². The van der Waals surface area contributed by atoms with Gasteiger partial charge in [-0.2, -0.15) is 5.10 Å². The largest absolute Gasteiger partial charge is 0.497 e. The van der Waals surface area contributed by atoms with Crippen LogP contribution < -0.4 is 14.2 Å². The maximum Gasteiger partial charge on any atom is 0.331 e. The molecule has 0 N–H and O–H groups in total. The number of carbonyl (C=O) groups excluding carboxylic acids is 2. The fraction of sp³-hybridized carbons (Fsp3) is 0.207. The number of ether oxygens (including phenoxy) is 4. The van der Waals surface area contributed by atoms with Crippen LogP contribution in [0.4, 0.5) is 0 Å². The van der Waals surface area contributed by atoms with Crippen LogP contribution in [-0.2, 0) is 14.3 Å². The number of methoxy groups -OCH3 is 3. The minimum atomic E-state index is -0.661. The molecule has 0 aliphatic carbocycles. The molecule has 0 fully saturated rings. The summed E-state index contributed by atoms with van der Waals surface area (Å²) in [6, 6.07) is 22.2. The molecule has 8 heteroatoms. The van der Waals surface area contributed by atoms with Crippen molar-refractivity contribution in [1.29, 1.82) is 0 Å². The van der Waals surface area contributed by atoms with Gasteiger partial charge >= 0.3 is 5.97 Å². The Balaban J connectivity index is 1.48. The molecule has 0 saturated heterocycles. The van der Waals surface area contributed by atoms with Crippen molar-refractivity contribution in [1.82, 2.24) is 5.01 Å². The molecule has 3 aromatic rings. The van der Waals surface area contributed by atoms with E-state index in [4.69, 9.17) is 18.9 Å². The van der Waals surface area contributed by atoms with Gasteiger partial charge in [-0.3, -0.25) is 4.79 Å². The summed E-state index contributed by atoms with van der Waals surface area (Å²) >= 11 is 0. The van der Waals surface area contributed by atoms with E-state index in [0.717, 1.165) is 22.6 Å². The van der Waals surface area contributed by atoms with E-state index in [9.17, 15) is 9.59 Å². The molecule has 37 heavy (non-hydrogen) atoms. The molecule has 1 heterocycles. The van der Waals surface area contributed by atoms with Crippen molar-refractivity contribution in [3.05, 3.63) is 95.6 Å². The molecule has 0 radical (unpaired) electrons. The number of amides is 1. The lowest BCUT2D eigenvalue weighted by Gasteiger charge is -2.22. The van der Waals surface area contributed by atoms with Gasteiger partial charge in [-0.25, -0.2) is 9.80 Å². The smallest absolute Gasteiger partial charge is 0.331 e. The first-order chi connectivity index (χ1) is 18.0. The summed E-state index contributed by atoms with van der Waals surface area (Å²) in [6.45, 7) is -0.448. The van der Waals surface area contributed by atoms with Gasteiger partial charge in [0.25, 0.3) is 5.91 Å². The first-order valence-electron chi connectivity index (χ1n) is 11.7. The van der Waals surface area contributed by atoms with E-state index in [1.807, 2.05) is 54.6 Å². The van der Waals surface area contributed by atoms with Crippen molar-refractivity contribution in [2.75, 3.05) is 27.9 Å². The van der Waals surface area contributed by atoms with E-state index in [1.165, 1.54) is 25.3 Å². The van der Waals surface area contributed by atoms with E-state index >= 15 is 0 Å². The van der Waals surface area contributed by atoms with Gasteiger partial charge in [0.1, 0.15) is 5.75 Å². The summed E-state index contributed by atoms with van der Waals surface area (Å²) in [6.07, 6.45) is 3.33. The molecule has 0 bridgehead atoms. The molecular formula is C29H28N2O6. The molecular weight excluding hydrogens is 472 g/mol. The number of carbonyl (C=O) groups is 2. The van der Waals surface area contributed by atoms with Gasteiger partial charge in [-0.05, 0) is 35.4 Å². The van der Waals surface area contributed by atoms with Gasteiger partial charge in [0.2, 0.25) is 0 Å². The molecule has 3 aromatic carbocycles. The number of para-hydroxylation sites is 1. The van der Waals surface area contributed by atoms with Gasteiger partial charge in [0, 0.05) is 18.1 Å². The monoisotopic (exact) mass is 500 g/mol. The average molecular weight is 501 g/mol. The lowest BCUT2D eigenvalue weighted by Crippen LogP contribution is -2.31. The van der Waals surface area contributed by atoms with Crippen molar-refractivity contribution in [3.63, 3.8) is 0 Å². The number of hydrazone groups is 1. The summed E-state index contributed by atoms with van der Waals surface area (Å²) in [5.41, 5.74) is 3.26. The summed E-state index contributed by atoms with van der Waals surface area (Å²) in [4.78, 5) is 25.5. The molecule has 0 aromatic heterocycles. The van der Waals surface area contributed by atoms with Gasteiger partial charge in [-0.1, -0.05) is 54.6 Å². The second-order valence-electron chi connectivity index (χ2n) is 8.17. The maximum atomic E-state index is 13.1. The lowest BCUT2D eigenvalue weighted by atomic mass is 9.98. The Labute approximate surface area is 215 Å². The standard InChI is InChI=1S/C29H28N2O6/c1-34-23-15-12-21(13-16-23)25-18-24(20-8-5-4-6-9-20)30-31(25)27(32)19-37-28(33)17-14-22-10-7-11-26(35-2)29(22)36-3/h4-17,25H,18-19H2,1-3H3/b17-14+/t25-/m0/s1. The Morgan fingerprint density at radius 3 is 2.35 bits per heavy atom. The van der Waals surface area contributed by atoms with E-state index in [2.05, 4.69) is 5.10 Å². The zero-order chi connectivity index (χ0) is 26.2. The Bertz CT molecular complexity index is 1300. The second-order valence-corrected chi connectivity index (χ2v) is 8.17. The van der Waals surface area contributed by atoms with Crippen LogP contribution in [0.2, 0.25) is 0 Å². The van der Waals surface area contributed by atoms with E-state index in [1.54, 1.807) is 31.4 Å². The highest BCUT2D eigenvalue weighted by Gasteiger charge is 2.33. The normalized spacial score (nSPS) is 14.8. The first-order valence-corrected chi connectivity index (χ1v) is 11.7. The van der Waals surface area contributed by atoms with Gasteiger partial charge in [-0.15, -0.1) is 0 Å². The molecule has 0 unspecified atom stereocenters. The number of benzene rings is 3. The molecule has 190 valence electrons. The second kappa shape index (κ2) is 11.9. The van der Waals surface area contributed by atoms with Crippen LogP contribution in [0.15, 0.2) is 84.0 Å². The number of hydrogen-bond acceptors (Lipinski definition) is 7. The summed E-state index contributed by atoms with van der Waals surface area (Å²) in [5.74, 6) is 0.668. The fourth-order valence-corrected chi connectivity index (χ4v) is 4.08. The van der Waals surface area contributed by atoms with E-state index in [0.29, 0.717) is 23.5 Å². The molecule has 0 spiro atoms. The third-order valence-corrected chi connectivity index (χ3v) is 5.94. The minimum absolute atomic E-state index is 0.330. The minimum Gasteiger partial charge on any atom is -0.497 e. The van der Waals surface area contributed by atoms with Crippen molar-refractivity contribution in [2.45, 2.75) is 12.5 Å². The highest BCUT2D eigenvalue weighted by molar-refractivity contribution is 6.03. The Morgan fingerprint density at radius 2 is 1.68 bits per heavy atom. The van der Waals surface area contributed by atoms with Crippen LogP contribution in [0.1, 0.15) is 29.2 Å². The van der Waals surface area contributed by atoms with Crippen LogP contribution >= 0.6 is 0 Å². The van der Waals surface area contributed by atoms with Crippen molar-refractivity contribution >= 4 is 23.7 Å². The lowest BCUT2D eigenvalue weighted by molar-refractivity contribution is -0.149. The quantitative estimate of drug-likeness (QED) is 0.314. The van der Waals surface area contributed by atoms with Crippen LogP contribution in [-0.4, -0.2) is 50.5 Å². The molecule has 1 aliphatic rings. The molecule has 1 atom stereocenters. The molecule has 4 rings (SSSR count). The average Bonchev–Trinajstić information content (AvgIpc) is 3.40. The number of nitrogens with zero attached hydrogens (tertiary/aromatic N) is 2. The number of esters is 1. The Hall–Kier alpha value is -4.59. The molecule has 0 saturated carbocycles. The topological polar surface area (TPSA) is 86.7 Å². The highest BCUT2D eigenvalue weighted by Crippen LogP contribution is 2.34. The fourth-order valence-electron chi connectivity index (χ4n) is 4.08. The maximum absolute atomic E-state index is 13.1. The molecule has 8 nitrogen and oxygen atoms in total. The van der Waals surface area contributed by atoms with Crippen LogP contribution in [0.5, 0.6) is 17.2 Å². The van der Waals surface area contributed by atoms with Crippen molar-refractivity contribution in [2.24, 2.45) is 5.10 Å². The van der Waals surface area contributed by atoms with Crippen LogP contribution in [0.3, 0.4) is 0 Å². The molecule has 1 amide bonds. The van der Waals surface area contributed by atoms with Gasteiger partial charge in [0.05, 0.1) is 33.1 Å². The third kappa shape index (κ3) is 5.98. The van der Waals surface area contributed by atoms with Crippen molar-refractivity contribution < 1.29 is 28.5 Å². The third-order valence-electron chi connectivity index (χ3n) is 5.94. The van der Waals surface area contributed by atoms with Gasteiger partial charge < -0.3 is 18.9 Å². The van der Waals surface area contributed by atoms with Gasteiger partial charge in [0.15, 0.2) is 18.1 Å². The number of rotatable bonds is 9. The summed E-state index contributed by atoms with van der Waals surface area (Å²) in [7, 11) is 4.66. The molecule has 1 aliphatic heterocycles. The Morgan fingerprint density at radius 1 is 0.919 bits per heavy atom. The first kappa shape index (κ1) is 25.5. The predicted octanol–water partition coefficient (Wildman–Crippen LogP) is 4.65. The van der Waals surface area contributed by atoms with E-state index in [-0.39, 0.29) is 6.04 Å². The SMILES string of the molecule is COc1ccc([C@@H]2CC(c3ccccc3)=NN2C(=O)COC(=O)/C=C/c2cccc(OC)c2OC)cc1. The Kier molecular flexibility index (Phi) is 8.20. The summed E-state index contributed by atoms with van der Waals surface area (Å²) in [5, 5.41) is 6.00. The van der Waals surface area contributed by atoms with Crippen molar-refractivity contribution in [3.8, 4) is 17.2 Å². The van der Waals surface area contributed by atoms with Crippen LogP contribution in [0, 0.1) is 0 Å². The zero-order valence-corrected chi connectivity index (χ0v) is 20.9.